The molecule has 0 fully saturated rings. The van der Waals surface area contributed by atoms with E-state index in [1.54, 1.807) is 22.2 Å². The van der Waals surface area contributed by atoms with Crippen molar-refractivity contribution in [3.63, 3.8) is 0 Å². The van der Waals surface area contributed by atoms with Gasteiger partial charge in [0.1, 0.15) is 6.33 Å². The van der Waals surface area contributed by atoms with Crippen molar-refractivity contribution in [1.29, 1.82) is 0 Å². The zero-order chi connectivity index (χ0) is 18.5. The van der Waals surface area contributed by atoms with E-state index in [1.807, 2.05) is 19.3 Å². The Labute approximate surface area is 160 Å². The third-order valence-electron chi connectivity index (χ3n) is 5.21. The number of pyridine rings is 1. The number of thiazole rings is 1. The highest BCUT2D eigenvalue weighted by Crippen LogP contribution is 2.31. The normalized spacial score (nSPS) is 14.0. The molecule has 0 aliphatic carbocycles. The summed E-state index contributed by atoms with van der Waals surface area (Å²) in [6.45, 7) is 7.92. The van der Waals surface area contributed by atoms with Crippen LogP contribution in [0.15, 0.2) is 24.8 Å². The van der Waals surface area contributed by atoms with Crippen molar-refractivity contribution in [3.05, 3.63) is 52.2 Å². The molecule has 0 bridgehead atoms. The van der Waals surface area contributed by atoms with Crippen LogP contribution in [0.25, 0.3) is 16.1 Å². The second kappa shape index (κ2) is 6.09. The van der Waals surface area contributed by atoms with Gasteiger partial charge in [0, 0.05) is 54.3 Å². The van der Waals surface area contributed by atoms with Gasteiger partial charge in [0.2, 0.25) is 0 Å². The Balaban J connectivity index is 1.53. The SMILES string of the molecule is Cc1ncc(-c2cnc3c(c2)CN(c2nn4cnnc4c(C)c2C)CC3)s1. The van der Waals surface area contributed by atoms with Gasteiger partial charge in [0.15, 0.2) is 11.5 Å². The maximum absolute atomic E-state index is 4.77. The minimum atomic E-state index is 0.800. The van der Waals surface area contributed by atoms with Crippen molar-refractivity contribution in [3.8, 4) is 10.4 Å². The van der Waals surface area contributed by atoms with Gasteiger partial charge in [-0.05, 0) is 32.4 Å². The van der Waals surface area contributed by atoms with Gasteiger partial charge >= 0.3 is 0 Å². The van der Waals surface area contributed by atoms with Crippen molar-refractivity contribution in [1.82, 2.24) is 29.8 Å². The van der Waals surface area contributed by atoms with Crippen LogP contribution in [0.5, 0.6) is 0 Å². The van der Waals surface area contributed by atoms with E-state index >= 15 is 0 Å². The number of aryl methyl sites for hydroxylation is 2. The largest absolute Gasteiger partial charge is 0.350 e. The molecule has 136 valence electrons. The third-order valence-corrected chi connectivity index (χ3v) is 6.17. The topological polar surface area (TPSA) is 72.1 Å². The van der Waals surface area contributed by atoms with Crippen LogP contribution in [0.3, 0.4) is 0 Å². The lowest BCUT2D eigenvalue weighted by Crippen LogP contribution is -2.32. The molecular formula is C19H19N7S. The molecule has 1 aliphatic rings. The summed E-state index contributed by atoms with van der Waals surface area (Å²) >= 11 is 1.70. The molecule has 4 aromatic heterocycles. The fourth-order valence-corrected chi connectivity index (χ4v) is 4.36. The van der Waals surface area contributed by atoms with Crippen LogP contribution in [0, 0.1) is 20.8 Å². The monoisotopic (exact) mass is 377 g/mol. The van der Waals surface area contributed by atoms with Gasteiger partial charge < -0.3 is 4.90 Å². The van der Waals surface area contributed by atoms with Gasteiger partial charge in [-0.3, -0.25) is 4.98 Å². The number of hydrogen-bond acceptors (Lipinski definition) is 7. The van der Waals surface area contributed by atoms with Crippen LogP contribution in [0.1, 0.15) is 27.4 Å². The highest BCUT2D eigenvalue weighted by Gasteiger charge is 2.23. The molecule has 27 heavy (non-hydrogen) atoms. The molecule has 0 saturated carbocycles. The number of rotatable bonds is 2. The van der Waals surface area contributed by atoms with Crippen molar-refractivity contribution in [2.24, 2.45) is 0 Å². The first-order valence-corrected chi connectivity index (χ1v) is 9.74. The fourth-order valence-electron chi connectivity index (χ4n) is 3.60. The first-order valence-electron chi connectivity index (χ1n) is 8.93. The van der Waals surface area contributed by atoms with E-state index in [0.29, 0.717) is 0 Å². The summed E-state index contributed by atoms with van der Waals surface area (Å²) in [4.78, 5) is 12.6. The number of anilines is 1. The molecule has 0 spiro atoms. The lowest BCUT2D eigenvalue weighted by Gasteiger charge is -2.30. The van der Waals surface area contributed by atoms with E-state index < -0.39 is 0 Å². The van der Waals surface area contributed by atoms with Gasteiger partial charge in [-0.1, -0.05) is 0 Å². The zero-order valence-electron chi connectivity index (χ0n) is 15.5. The predicted octanol–water partition coefficient (Wildman–Crippen LogP) is 3.13. The molecule has 0 aromatic carbocycles. The molecule has 0 N–H and O–H groups in total. The number of aromatic nitrogens is 6. The van der Waals surface area contributed by atoms with E-state index in [2.05, 4.69) is 40.0 Å². The summed E-state index contributed by atoms with van der Waals surface area (Å²) in [5.74, 6) is 0.990. The summed E-state index contributed by atoms with van der Waals surface area (Å²) in [5, 5.41) is 14.0. The average Bonchev–Trinajstić information content (AvgIpc) is 3.33. The molecule has 0 amide bonds. The van der Waals surface area contributed by atoms with Gasteiger partial charge in [-0.25, -0.2) is 4.98 Å². The van der Waals surface area contributed by atoms with Gasteiger partial charge in [0.25, 0.3) is 0 Å². The van der Waals surface area contributed by atoms with Gasteiger partial charge in [-0.2, -0.15) is 4.52 Å². The number of nitrogens with zero attached hydrogens (tertiary/aromatic N) is 7. The van der Waals surface area contributed by atoms with Gasteiger partial charge in [-0.15, -0.1) is 26.6 Å². The average molecular weight is 377 g/mol. The molecular weight excluding hydrogens is 358 g/mol. The molecule has 5 rings (SSSR count). The molecule has 0 radical (unpaired) electrons. The van der Waals surface area contributed by atoms with Crippen molar-refractivity contribution < 1.29 is 0 Å². The van der Waals surface area contributed by atoms with Crippen LogP contribution < -0.4 is 4.90 Å². The van der Waals surface area contributed by atoms with E-state index in [1.165, 1.54) is 11.3 Å². The number of fused-ring (bicyclic) bond motifs is 2. The molecule has 0 unspecified atom stereocenters. The van der Waals surface area contributed by atoms with Gasteiger partial charge in [0.05, 0.1) is 9.88 Å². The number of hydrogen-bond donors (Lipinski definition) is 0. The Hall–Kier alpha value is -2.87. The standard InChI is InChI=1S/C19H19N7S/c1-11-12(2)19(24-26-10-22-23-18(11)26)25-5-4-16-15(9-25)6-14(7-21-16)17-8-20-13(3)27-17/h6-8,10H,4-5,9H2,1-3H3. The Morgan fingerprint density at radius 3 is 2.78 bits per heavy atom. The maximum atomic E-state index is 4.77. The zero-order valence-corrected chi connectivity index (χ0v) is 16.3. The maximum Gasteiger partial charge on any atom is 0.180 e. The Morgan fingerprint density at radius 2 is 1.96 bits per heavy atom. The first kappa shape index (κ1) is 16.3. The molecule has 7 nitrogen and oxygen atoms in total. The second-order valence-corrected chi connectivity index (χ2v) is 8.15. The Morgan fingerprint density at radius 1 is 1.07 bits per heavy atom. The van der Waals surface area contributed by atoms with Crippen LogP contribution in [-0.2, 0) is 13.0 Å². The Bertz CT molecular complexity index is 1160. The summed E-state index contributed by atoms with van der Waals surface area (Å²) in [5.41, 5.74) is 6.66. The van der Waals surface area contributed by atoms with Crippen LogP contribution in [0.2, 0.25) is 0 Å². The van der Waals surface area contributed by atoms with Crippen molar-refractivity contribution in [2.75, 3.05) is 11.4 Å². The van der Waals surface area contributed by atoms with E-state index in [9.17, 15) is 0 Å². The molecule has 1 aliphatic heterocycles. The van der Waals surface area contributed by atoms with Crippen molar-refractivity contribution >= 4 is 22.8 Å². The lowest BCUT2D eigenvalue weighted by molar-refractivity contribution is 0.688. The minimum absolute atomic E-state index is 0.800. The second-order valence-electron chi connectivity index (χ2n) is 6.92. The van der Waals surface area contributed by atoms with Crippen LogP contribution in [0.4, 0.5) is 5.82 Å². The smallest absolute Gasteiger partial charge is 0.180 e. The predicted molar refractivity (Wildman–Crippen MR) is 105 cm³/mol. The summed E-state index contributed by atoms with van der Waals surface area (Å²) in [6.07, 6.45) is 6.48. The summed E-state index contributed by atoms with van der Waals surface area (Å²) < 4.78 is 1.77. The van der Waals surface area contributed by atoms with E-state index in [0.717, 1.165) is 57.6 Å². The van der Waals surface area contributed by atoms with E-state index in [4.69, 9.17) is 10.1 Å². The molecule has 0 atom stereocenters. The third kappa shape index (κ3) is 2.68. The first-order chi connectivity index (χ1) is 13.1. The Kier molecular flexibility index (Phi) is 3.68. The summed E-state index contributed by atoms with van der Waals surface area (Å²) in [6, 6.07) is 2.25. The fraction of sp³-hybridized carbons (Fsp3) is 0.316. The highest BCUT2D eigenvalue weighted by molar-refractivity contribution is 7.15. The molecule has 0 saturated heterocycles. The van der Waals surface area contributed by atoms with Crippen molar-refractivity contribution in [2.45, 2.75) is 33.7 Å². The van der Waals surface area contributed by atoms with E-state index in [-0.39, 0.29) is 0 Å². The van der Waals surface area contributed by atoms with Crippen LogP contribution >= 0.6 is 11.3 Å². The van der Waals surface area contributed by atoms with Crippen LogP contribution in [-0.4, -0.2) is 36.3 Å². The minimum Gasteiger partial charge on any atom is -0.350 e. The highest BCUT2D eigenvalue weighted by atomic mass is 32.1. The quantitative estimate of drug-likeness (QED) is 0.534. The molecule has 8 heteroatoms. The lowest BCUT2D eigenvalue weighted by atomic mass is 10.0. The summed E-state index contributed by atoms with van der Waals surface area (Å²) in [7, 11) is 0. The molecule has 4 aromatic rings. The molecule has 5 heterocycles.